The standard InChI is InChI=1S/C15H28N2O/c18-15(11-14-7-4-9-16-12-14)17-10-8-13-5-2-1-3-6-13/h13-14,16H,1-12H2,(H,17,18). The summed E-state index contributed by atoms with van der Waals surface area (Å²) in [4.78, 5) is 11.8. The second-order valence-corrected chi connectivity index (χ2v) is 6.06. The lowest BCUT2D eigenvalue weighted by molar-refractivity contribution is -0.122. The van der Waals surface area contributed by atoms with Crippen molar-refractivity contribution in [3.05, 3.63) is 0 Å². The molecule has 18 heavy (non-hydrogen) atoms. The minimum atomic E-state index is 0.263. The summed E-state index contributed by atoms with van der Waals surface area (Å²) in [6, 6.07) is 0. The molecule has 1 aliphatic carbocycles. The molecule has 2 fully saturated rings. The first-order valence-corrected chi connectivity index (χ1v) is 7.82. The van der Waals surface area contributed by atoms with Crippen LogP contribution >= 0.6 is 0 Å². The van der Waals surface area contributed by atoms with E-state index in [-0.39, 0.29) is 5.91 Å². The average Bonchev–Trinajstić information content (AvgIpc) is 2.41. The van der Waals surface area contributed by atoms with E-state index in [4.69, 9.17) is 0 Å². The molecule has 3 nitrogen and oxygen atoms in total. The molecule has 1 heterocycles. The first-order valence-electron chi connectivity index (χ1n) is 7.82. The Kier molecular flexibility index (Phi) is 5.98. The van der Waals surface area contributed by atoms with Gasteiger partial charge >= 0.3 is 0 Å². The summed E-state index contributed by atoms with van der Waals surface area (Å²) in [5.41, 5.74) is 0. The summed E-state index contributed by atoms with van der Waals surface area (Å²) in [6.07, 6.45) is 11.3. The van der Waals surface area contributed by atoms with E-state index >= 15 is 0 Å². The SMILES string of the molecule is O=C(CC1CCCNC1)NCCC1CCCCC1. The number of carbonyl (C=O) groups excluding carboxylic acids is 1. The summed E-state index contributed by atoms with van der Waals surface area (Å²) in [6.45, 7) is 3.04. The zero-order valence-electron chi connectivity index (χ0n) is 11.5. The van der Waals surface area contributed by atoms with Crippen molar-refractivity contribution in [3.8, 4) is 0 Å². The molecule has 1 aliphatic heterocycles. The van der Waals surface area contributed by atoms with Gasteiger partial charge in [0, 0.05) is 13.0 Å². The van der Waals surface area contributed by atoms with Gasteiger partial charge in [-0.05, 0) is 44.2 Å². The smallest absolute Gasteiger partial charge is 0.220 e. The zero-order valence-corrected chi connectivity index (χ0v) is 11.5. The van der Waals surface area contributed by atoms with Crippen molar-refractivity contribution >= 4 is 5.91 Å². The van der Waals surface area contributed by atoms with Gasteiger partial charge in [-0.3, -0.25) is 4.79 Å². The summed E-state index contributed by atoms with van der Waals surface area (Å²) < 4.78 is 0. The number of rotatable bonds is 5. The number of carbonyl (C=O) groups is 1. The van der Waals surface area contributed by atoms with E-state index in [1.54, 1.807) is 0 Å². The maximum atomic E-state index is 11.8. The van der Waals surface area contributed by atoms with Gasteiger partial charge in [0.2, 0.25) is 5.91 Å². The Bertz CT molecular complexity index is 243. The number of piperidine rings is 1. The molecule has 1 atom stereocenters. The van der Waals surface area contributed by atoms with Gasteiger partial charge in [0.1, 0.15) is 0 Å². The zero-order chi connectivity index (χ0) is 12.6. The third kappa shape index (κ3) is 4.97. The predicted molar refractivity (Wildman–Crippen MR) is 74.4 cm³/mol. The van der Waals surface area contributed by atoms with Crippen LogP contribution in [0.4, 0.5) is 0 Å². The lowest BCUT2D eigenvalue weighted by Gasteiger charge is -2.23. The third-order valence-electron chi connectivity index (χ3n) is 4.47. The van der Waals surface area contributed by atoms with Gasteiger partial charge in [0.15, 0.2) is 0 Å². The molecule has 0 radical (unpaired) electrons. The van der Waals surface area contributed by atoms with Crippen molar-refractivity contribution in [1.82, 2.24) is 10.6 Å². The van der Waals surface area contributed by atoms with Crippen LogP contribution in [0, 0.1) is 11.8 Å². The molecule has 0 bridgehead atoms. The van der Waals surface area contributed by atoms with E-state index in [0.717, 1.165) is 32.0 Å². The molecule has 0 aromatic rings. The molecule has 104 valence electrons. The minimum Gasteiger partial charge on any atom is -0.356 e. The molecule has 0 aromatic heterocycles. The van der Waals surface area contributed by atoms with Gasteiger partial charge in [0.05, 0.1) is 0 Å². The minimum absolute atomic E-state index is 0.263. The highest BCUT2D eigenvalue weighted by atomic mass is 16.1. The van der Waals surface area contributed by atoms with E-state index in [1.165, 1.54) is 51.4 Å². The van der Waals surface area contributed by atoms with E-state index in [0.29, 0.717) is 5.92 Å². The average molecular weight is 252 g/mol. The van der Waals surface area contributed by atoms with E-state index in [2.05, 4.69) is 10.6 Å². The fraction of sp³-hybridized carbons (Fsp3) is 0.933. The Morgan fingerprint density at radius 2 is 1.83 bits per heavy atom. The van der Waals surface area contributed by atoms with Crippen LogP contribution in [0.1, 0.15) is 57.8 Å². The summed E-state index contributed by atoms with van der Waals surface area (Å²) >= 11 is 0. The van der Waals surface area contributed by atoms with Gasteiger partial charge in [0.25, 0.3) is 0 Å². The highest BCUT2D eigenvalue weighted by Crippen LogP contribution is 2.25. The third-order valence-corrected chi connectivity index (χ3v) is 4.47. The highest BCUT2D eigenvalue weighted by Gasteiger charge is 2.17. The quantitative estimate of drug-likeness (QED) is 0.789. The molecule has 2 N–H and O–H groups in total. The fourth-order valence-electron chi connectivity index (χ4n) is 3.32. The van der Waals surface area contributed by atoms with E-state index in [1.807, 2.05) is 0 Å². The molecule has 3 heteroatoms. The molecule has 0 aromatic carbocycles. The molecule has 1 saturated carbocycles. The van der Waals surface area contributed by atoms with Crippen molar-refractivity contribution in [1.29, 1.82) is 0 Å². The Balaban J connectivity index is 1.53. The number of hydrogen-bond donors (Lipinski definition) is 2. The van der Waals surface area contributed by atoms with Gasteiger partial charge in [-0.25, -0.2) is 0 Å². The second-order valence-electron chi connectivity index (χ2n) is 6.06. The summed E-state index contributed by atoms with van der Waals surface area (Å²) in [5, 5.41) is 6.48. The lowest BCUT2D eigenvalue weighted by Crippen LogP contribution is -2.34. The molecule has 1 amide bonds. The Morgan fingerprint density at radius 3 is 2.56 bits per heavy atom. The largest absolute Gasteiger partial charge is 0.356 e. The number of nitrogens with one attached hydrogen (secondary N) is 2. The molecule has 0 spiro atoms. The summed E-state index contributed by atoms with van der Waals surface area (Å²) in [5.74, 6) is 1.70. The van der Waals surface area contributed by atoms with E-state index < -0.39 is 0 Å². The number of hydrogen-bond acceptors (Lipinski definition) is 2. The maximum Gasteiger partial charge on any atom is 0.220 e. The van der Waals surface area contributed by atoms with Crippen molar-refractivity contribution in [2.75, 3.05) is 19.6 Å². The van der Waals surface area contributed by atoms with Crippen LogP contribution in [0.15, 0.2) is 0 Å². The van der Waals surface area contributed by atoms with E-state index in [9.17, 15) is 4.79 Å². The predicted octanol–water partition coefficient (Wildman–Crippen LogP) is 2.46. The molecular weight excluding hydrogens is 224 g/mol. The van der Waals surface area contributed by atoms with Gasteiger partial charge < -0.3 is 10.6 Å². The van der Waals surface area contributed by atoms with Crippen LogP contribution in [0.5, 0.6) is 0 Å². The van der Waals surface area contributed by atoms with Crippen LogP contribution in [-0.2, 0) is 4.79 Å². The van der Waals surface area contributed by atoms with Gasteiger partial charge in [-0.15, -0.1) is 0 Å². The number of amides is 1. The first-order chi connectivity index (χ1) is 8.84. The van der Waals surface area contributed by atoms with Crippen LogP contribution in [0.2, 0.25) is 0 Å². The molecular formula is C15H28N2O. The van der Waals surface area contributed by atoms with Crippen molar-refractivity contribution in [2.45, 2.75) is 57.8 Å². The Morgan fingerprint density at radius 1 is 1.06 bits per heavy atom. The fourth-order valence-corrected chi connectivity index (χ4v) is 3.32. The van der Waals surface area contributed by atoms with Crippen molar-refractivity contribution in [2.24, 2.45) is 11.8 Å². The molecule has 2 aliphatic rings. The normalized spacial score (nSPS) is 25.9. The lowest BCUT2D eigenvalue weighted by atomic mass is 9.87. The maximum absolute atomic E-state index is 11.8. The van der Waals surface area contributed by atoms with Crippen LogP contribution < -0.4 is 10.6 Å². The van der Waals surface area contributed by atoms with Crippen LogP contribution in [0.3, 0.4) is 0 Å². The summed E-state index contributed by atoms with van der Waals surface area (Å²) in [7, 11) is 0. The topological polar surface area (TPSA) is 41.1 Å². The Hall–Kier alpha value is -0.570. The van der Waals surface area contributed by atoms with Crippen molar-refractivity contribution < 1.29 is 4.79 Å². The van der Waals surface area contributed by atoms with Gasteiger partial charge in [-0.2, -0.15) is 0 Å². The van der Waals surface area contributed by atoms with Crippen molar-refractivity contribution in [3.63, 3.8) is 0 Å². The highest BCUT2D eigenvalue weighted by molar-refractivity contribution is 5.76. The monoisotopic (exact) mass is 252 g/mol. The van der Waals surface area contributed by atoms with Crippen LogP contribution in [-0.4, -0.2) is 25.5 Å². The van der Waals surface area contributed by atoms with Crippen LogP contribution in [0.25, 0.3) is 0 Å². The first kappa shape index (κ1) is 13.9. The second kappa shape index (κ2) is 7.78. The molecule has 2 rings (SSSR count). The Labute approximate surface area is 111 Å². The molecule has 1 unspecified atom stereocenters. The van der Waals surface area contributed by atoms with Gasteiger partial charge in [-0.1, -0.05) is 32.1 Å². The molecule has 1 saturated heterocycles.